The third-order valence-corrected chi connectivity index (χ3v) is 4.12. The van der Waals surface area contributed by atoms with E-state index >= 15 is 0 Å². The number of amides is 2. The van der Waals surface area contributed by atoms with Gasteiger partial charge in [0.2, 0.25) is 0 Å². The summed E-state index contributed by atoms with van der Waals surface area (Å²) in [7, 11) is 0. The molecule has 1 aliphatic rings. The smallest absolute Gasteiger partial charge is 0.321 e. The van der Waals surface area contributed by atoms with E-state index in [1.54, 1.807) is 29.4 Å². The van der Waals surface area contributed by atoms with Crippen LogP contribution in [0.25, 0.3) is 0 Å². The monoisotopic (exact) mass is 309 g/mol. The Kier molecular flexibility index (Phi) is 4.66. The van der Waals surface area contributed by atoms with Crippen LogP contribution in [-0.4, -0.2) is 34.8 Å². The maximum absolute atomic E-state index is 12.4. The van der Waals surface area contributed by atoms with Gasteiger partial charge >= 0.3 is 6.03 Å². The molecule has 2 aromatic rings. The molecule has 2 heterocycles. The van der Waals surface area contributed by atoms with E-state index in [1.807, 2.05) is 30.3 Å². The van der Waals surface area contributed by atoms with Gasteiger partial charge in [0.25, 0.3) is 0 Å². The highest BCUT2D eigenvalue weighted by atomic mass is 16.2. The fourth-order valence-electron chi connectivity index (χ4n) is 2.82. The first-order valence-corrected chi connectivity index (χ1v) is 7.79. The molecule has 2 amide bonds. The number of aromatic nitrogens is 1. The van der Waals surface area contributed by atoms with Crippen LogP contribution in [0.5, 0.6) is 0 Å². The van der Waals surface area contributed by atoms with Crippen molar-refractivity contribution in [2.75, 3.05) is 18.4 Å². The van der Waals surface area contributed by atoms with Crippen molar-refractivity contribution in [2.24, 2.45) is 5.92 Å². The first kappa shape index (κ1) is 15.2. The molecular formula is C18H19N3O2. The number of likely N-dealkylation sites (tertiary alicyclic amines) is 1. The van der Waals surface area contributed by atoms with Crippen LogP contribution in [0, 0.1) is 5.92 Å². The predicted molar refractivity (Wildman–Crippen MR) is 88.3 cm³/mol. The number of nitrogens with one attached hydrogen (secondary N) is 1. The molecule has 0 saturated carbocycles. The Labute approximate surface area is 135 Å². The van der Waals surface area contributed by atoms with Crippen LogP contribution in [0.2, 0.25) is 0 Å². The zero-order chi connectivity index (χ0) is 16.1. The quantitative estimate of drug-likeness (QED) is 0.886. The summed E-state index contributed by atoms with van der Waals surface area (Å²) in [6.45, 7) is 1.19. The average molecular weight is 309 g/mol. The first-order valence-electron chi connectivity index (χ1n) is 7.79. The fourth-order valence-corrected chi connectivity index (χ4v) is 2.82. The minimum Gasteiger partial charge on any atom is -0.324 e. The highest BCUT2D eigenvalue weighted by molar-refractivity contribution is 5.98. The second-order valence-corrected chi connectivity index (χ2v) is 5.66. The van der Waals surface area contributed by atoms with E-state index in [4.69, 9.17) is 0 Å². The number of hydrogen-bond donors (Lipinski definition) is 1. The lowest BCUT2D eigenvalue weighted by Gasteiger charge is -2.31. The average Bonchev–Trinajstić information content (AvgIpc) is 2.63. The first-order chi connectivity index (χ1) is 11.2. The number of carbonyl (C=O) groups excluding carboxylic acids is 2. The third-order valence-electron chi connectivity index (χ3n) is 4.12. The molecule has 1 aromatic carbocycles. The SMILES string of the molecule is O=C(c1ccccc1)C1CCN(C(=O)Nc2cccnc2)CC1. The van der Waals surface area contributed by atoms with Crippen molar-refractivity contribution in [3.05, 3.63) is 60.4 Å². The molecule has 0 unspecified atom stereocenters. The lowest BCUT2D eigenvalue weighted by Crippen LogP contribution is -2.42. The van der Waals surface area contributed by atoms with Crippen LogP contribution in [0.4, 0.5) is 10.5 Å². The standard InChI is InChI=1S/C18H19N3O2/c22-17(14-5-2-1-3-6-14)15-8-11-21(12-9-15)18(23)20-16-7-4-10-19-13-16/h1-7,10,13,15H,8-9,11-12H2,(H,20,23). The lowest BCUT2D eigenvalue weighted by atomic mass is 9.89. The van der Waals surface area contributed by atoms with Crippen molar-refractivity contribution >= 4 is 17.5 Å². The van der Waals surface area contributed by atoms with Crippen molar-refractivity contribution < 1.29 is 9.59 Å². The summed E-state index contributed by atoms with van der Waals surface area (Å²) in [5.41, 5.74) is 1.44. The van der Waals surface area contributed by atoms with Gasteiger partial charge in [-0.2, -0.15) is 0 Å². The Morgan fingerprint density at radius 3 is 2.43 bits per heavy atom. The lowest BCUT2D eigenvalue weighted by molar-refractivity contribution is 0.0859. The third kappa shape index (κ3) is 3.74. The minimum atomic E-state index is -0.136. The summed E-state index contributed by atoms with van der Waals surface area (Å²) < 4.78 is 0. The second kappa shape index (κ2) is 7.05. The van der Waals surface area contributed by atoms with Crippen molar-refractivity contribution in [1.82, 2.24) is 9.88 Å². The van der Waals surface area contributed by atoms with Gasteiger partial charge in [-0.3, -0.25) is 9.78 Å². The van der Waals surface area contributed by atoms with Gasteiger partial charge in [-0.15, -0.1) is 0 Å². The molecule has 0 bridgehead atoms. The molecule has 0 radical (unpaired) electrons. The number of nitrogens with zero attached hydrogens (tertiary/aromatic N) is 2. The number of urea groups is 1. The highest BCUT2D eigenvalue weighted by Gasteiger charge is 2.27. The van der Waals surface area contributed by atoms with Gasteiger partial charge in [0, 0.05) is 30.8 Å². The molecular weight excluding hydrogens is 290 g/mol. The minimum absolute atomic E-state index is 0.000146. The summed E-state index contributed by atoms with van der Waals surface area (Å²) in [6, 6.07) is 12.8. The van der Waals surface area contributed by atoms with Gasteiger partial charge in [-0.1, -0.05) is 30.3 Å². The summed E-state index contributed by atoms with van der Waals surface area (Å²) in [6.07, 6.45) is 4.68. The topological polar surface area (TPSA) is 62.3 Å². The summed E-state index contributed by atoms with van der Waals surface area (Å²) >= 11 is 0. The molecule has 1 fully saturated rings. The molecule has 0 atom stereocenters. The number of pyridine rings is 1. The van der Waals surface area contributed by atoms with Crippen LogP contribution in [0.1, 0.15) is 23.2 Å². The highest BCUT2D eigenvalue weighted by Crippen LogP contribution is 2.22. The molecule has 5 heteroatoms. The van der Waals surface area contributed by atoms with Gasteiger partial charge in [-0.05, 0) is 25.0 Å². The molecule has 1 aromatic heterocycles. The number of benzene rings is 1. The van der Waals surface area contributed by atoms with Crippen LogP contribution < -0.4 is 5.32 Å². The van der Waals surface area contributed by atoms with Gasteiger partial charge in [0.15, 0.2) is 5.78 Å². The van der Waals surface area contributed by atoms with Gasteiger partial charge in [-0.25, -0.2) is 4.79 Å². The molecule has 5 nitrogen and oxygen atoms in total. The fraction of sp³-hybridized carbons (Fsp3) is 0.278. The van der Waals surface area contributed by atoms with E-state index in [-0.39, 0.29) is 17.7 Å². The van der Waals surface area contributed by atoms with E-state index < -0.39 is 0 Å². The zero-order valence-corrected chi connectivity index (χ0v) is 12.8. The van der Waals surface area contributed by atoms with Gasteiger partial charge in [0.05, 0.1) is 11.9 Å². The molecule has 3 rings (SSSR count). The number of ketones is 1. The van der Waals surface area contributed by atoms with Gasteiger partial charge in [0.1, 0.15) is 0 Å². The van der Waals surface area contributed by atoms with Crippen LogP contribution in [-0.2, 0) is 0 Å². The number of anilines is 1. The Hall–Kier alpha value is -2.69. The summed E-state index contributed by atoms with van der Waals surface area (Å²) in [5, 5.41) is 2.83. The normalized spacial score (nSPS) is 15.2. The maximum Gasteiger partial charge on any atom is 0.321 e. The zero-order valence-electron chi connectivity index (χ0n) is 12.8. The Bertz CT molecular complexity index is 665. The molecule has 1 N–H and O–H groups in total. The van der Waals surface area contributed by atoms with E-state index in [9.17, 15) is 9.59 Å². The second-order valence-electron chi connectivity index (χ2n) is 5.66. The van der Waals surface area contributed by atoms with E-state index in [0.29, 0.717) is 31.6 Å². The van der Waals surface area contributed by atoms with Crippen molar-refractivity contribution in [3.63, 3.8) is 0 Å². The van der Waals surface area contributed by atoms with Crippen LogP contribution in [0.3, 0.4) is 0 Å². The molecule has 23 heavy (non-hydrogen) atoms. The number of carbonyl (C=O) groups is 2. The number of Topliss-reactive ketones (excluding diaryl/α,β-unsaturated/α-hetero) is 1. The number of rotatable bonds is 3. The number of piperidine rings is 1. The van der Waals surface area contributed by atoms with Gasteiger partial charge < -0.3 is 10.2 Å². The molecule has 1 saturated heterocycles. The molecule has 0 aliphatic carbocycles. The van der Waals surface area contributed by atoms with E-state index in [0.717, 1.165) is 5.56 Å². The Morgan fingerprint density at radius 1 is 1.04 bits per heavy atom. The van der Waals surface area contributed by atoms with Crippen molar-refractivity contribution in [1.29, 1.82) is 0 Å². The van der Waals surface area contributed by atoms with E-state index in [1.165, 1.54) is 0 Å². The number of hydrogen-bond acceptors (Lipinski definition) is 3. The molecule has 118 valence electrons. The molecule has 1 aliphatic heterocycles. The Balaban J connectivity index is 1.54. The molecule has 0 spiro atoms. The van der Waals surface area contributed by atoms with Crippen molar-refractivity contribution in [2.45, 2.75) is 12.8 Å². The summed E-state index contributed by atoms with van der Waals surface area (Å²) in [5.74, 6) is 0.178. The van der Waals surface area contributed by atoms with Crippen LogP contribution >= 0.6 is 0 Å². The maximum atomic E-state index is 12.4. The summed E-state index contributed by atoms with van der Waals surface area (Å²) in [4.78, 5) is 30.4. The van der Waals surface area contributed by atoms with Crippen molar-refractivity contribution in [3.8, 4) is 0 Å². The van der Waals surface area contributed by atoms with E-state index in [2.05, 4.69) is 10.3 Å². The largest absolute Gasteiger partial charge is 0.324 e. The predicted octanol–water partition coefficient (Wildman–Crippen LogP) is 3.21. The Morgan fingerprint density at radius 2 is 1.78 bits per heavy atom. The van der Waals surface area contributed by atoms with Crippen LogP contribution in [0.15, 0.2) is 54.9 Å².